The molecule has 0 saturated heterocycles. The van der Waals surface area contributed by atoms with Crippen LogP contribution < -0.4 is 0 Å². The summed E-state index contributed by atoms with van der Waals surface area (Å²) in [6.45, 7) is 1.81. The molecule has 2 aromatic heterocycles. The average molecular weight is 302 g/mol. The van der Waals surface area contributed by atoms with Crippen LogP contribution in [0, 0.1) is 6.92 Å². The van der Waals surface area contributed by atoms with Gasteiger partial charge >= 0.3 is 0 Å². The maximum absolute atomic E-state index is 12.1. The molecule has 21 heavy (non-hydrogen) atoms. The Morgan fingerprint density at radius 3 is 2.33 bits per heavy atom. The summed E-state index contributed by atoms with van der Waals surface area (Å²) in [7, 11) is -1.10. The normalized spacial score (nSPS) is 12.4. The summed E-state index contributed by atoms with van der Waals surface area (Å²) in [6, 6.07) is 13.3. The van der Waals surface area contributed by atoms with Crippen molar-refractivity contribution in [1.29, 1.82) is 0 Å². The first-order valence-corrected chi connectivity index (χ1v) is 7.98. The zero-order valence-electron chi connectivity index (χ0n) is 11.5. The lowest BCUT2D eigenvalue weighted by Gasteiger charge is -1.95. The second-order valence-corrected chi connectivity index (χ2v) is 6.16. The largest absolute Gasteiger partial charge is 0.361 e. The van der Waals surface area contributed by atoms with Crippen LogP contribution in [0.2, 0.25) is 0 Å². The predicted octanol–water partition coefficient (Wildman–Crippen LogP) is 3.09. The Kier molecular flexibility index (Phi) is 3.96. The van der Waals surface area contributed by atoms with Gasteiger partial charge in [0.25, 0.3) is 0 Å². The molecule has 0 aliphatic carbocycles. The van der Waals surface area contributed by atoms with Crippen molar-refractivity contribution in [3.8, 4) is 11.3 Å². The van der Waals surface area contributed by atoms with E-state index in [2.05, 4.69) is 10.3 Å². The minimum atomic E-state index is -1.10. The third kappa shape index (κ3) is 3.46. The van der Waals surface area contributed by atoms with Gasteiger partial charge < -0.3 is 9.05 Å². The van der Waals surface area contributed by atoms with Crippen molar-refractivity contribution >= 4 is 10.8 Å². The lowest BCUT2D eigenvalue weighted by molar-refractivity contribution is 0.392. The van der Waals surface area contributed by atoms with Crippen molar-refractivity contribution < 1.29 is 13.3 Å². The van der Waals surface area contributed by atoms with Gasteiger partial charge in [-0.05, 0) is 6.92 Å². The molecular formula is C15H14N2O3S. The van der Waals surface area contributed by atoms with Crippen LogP contribution in [0.25, 0.3) is 11.3 Å². The Morgan fingerprint density at radius 2 is 1.67 bits per heavy atom. The Labute approximate surface area is 124 Å². The molecule has 1 aromatic carbocycles. The molecule has 0 N–H and O–H groups in total. The van der Waals surface area contributed by atoms with E-state index in [1.807, 2.05) is 43.3 Å². The monoisotopic (exact) mass is 302 g/mol. The van der Waals surface area contributed by atoms with Gasteiger partial charge in [-0.15, -0.1) is 0 Å². The van der Waals surface area contributed by atoms with E-state index < -0.39 is 10.8 Å². The SMILES string of the molecule is Cc1cc(CS(=O)Cc2cc(-c3ccccc3)on2)no1. The highest BCUT2D eigenvalue weighted by molar-refractivity contribution is 7.83. The van der Waals surface area contributed by atoms with Gasteiger partial charge in [-0.1, -0.05) is 40.6 Å². The van der Waals surface area contributed by atoms with Gasteiger partial charge in [0.2, 0.25) is 0 Å². The second kappa shape index (κ2) is 6.05. The summed E-state index contributed by atoms with van der Waals surface area (Å²) in [4.78, 5) is 0. The highest BCUT2D eigenvalue weighted by Crippen LogP contribution is 2.20. The molecule has 3 aromatic rings. The molecule has 1 unspecified atom stereocenters. The fraction of sp³-hybridized carbons (Fsp3) is 0.200. The number of benzene rings is 1. The van der Waals surface area contributed by atoms with Crippen LogP contribution in [0.3, 0.4) is 0 Å². The molecule has 2 heterocycles. The first-order chi connectivity index (χ1) is 10.2. The van der Waals surface area contributed by atoms with Gasteiger partial charge in [0.1, 0.15) is 5.76 Å². The Balaban J connectivity index is 1.66. The lowest BCUT2D eigenvalue weighted by Crippen LogP contribution is -1.99. The van der Waals surface area contributed by atoms with Crippen LogP contribution in [0.5, 0.6) is 0 Å². The first-order valence-electron chi connectivity index (χ1n) is 6.49. The van der Waals surface area contributed by atoms with Gasteiger partial charge in [0, 0.05) is 28.5 Å². The standard InChI is InChI=1S/C15H14N2O3S/c1-11-7-13(16-19-11)9-21(18)10-14-8-15(20-17-14)12-5-3-2-4-6-12/h2-8H,9-10H2,1H3. The summed E-state index contributed by atoms with van der Waals surface area (Å²) < 4.78 is 22.3. The van der Waals surface area contributed by atoms with E-state index in [0.29, 0.717) is 28.7 Å². The molecule has 0 aliphatic heterocycles. The molecule has 0 radical (unpaired) electrons. The first kappa shape index (κ1) is 13.8. The van der Waals surface area contributed by atoms with Gasteiger partial charge in [-0.3, -0.25) is 4.21 Å². The van der Waals surface area contributed by atoms with Gasteiger partial charge in [0.05, 0.1) is 22.9 Å². The molecule has 6 heteroatoms. The summed E-state index contributed by atoms with van der Waals surface area (Å²) in [5, 5.41) is 7.81. The molecule has 0 fully saturated rings. The van der Waals surface area contributed by atoms with Crippen LogP contribution in [0.4, 0.5) is 0 Å². The molecule has 0 aliphatic rings. The van der Waals surface area contributed by atoms with E-state index >= 15 is 0 Å². The lowest BCUT2D eigenvalue weighted by atomic mass is 10.2. The molecule has 0 bridgehead atoms. The molecule has 3 rings (SSSR count). The number of rotatable bonds is 5. The van der Waals surface area contributed by atoms with E-state index in [1.165, 1.54) is 0 Å². The molecule has 108 valence electrons. The summed E-state index contributed by atoms with van der Waals surface area (Å²) in [6.07, 6.45) is 0. The summed E-state index contributed by atoms with van der Waals surface area (Å²) >= 11 is 0. The summed E-state index contributed by atoms with van der Waals surface area (Å²) in [5.41, 5.74) is 2.32. The zero-order chi connectivity index (χ0) is 14.7. The molecule has 0 amide bonds. The third-order valence-electron chi connectivity index (χ3n) is 2.91. The summed E-state index contributed by atoms with van der Waals surface area (Å²) in [5.74, 6) is 2.09. The van der Waals surface area contributed by atoms with Crippen LogP contribution in [0.15, 0.2) is 51.5 Å². The van der Waals surface area contributed by atoms with Crippen LogP contribution in [-0.4, -0.2) is 14.5 Å². The molecular weight excluding hydrogens is 288 g/mol. The molecule has 0 spiro atoms. The van der Waals surface area contributed by atoms with Gasteiger partial charge in [0.15, 0.2) is 5.76 Å². The van der Waals surface area contributed by atoms with Gasteiger partial charge in [-0.2, -0.15) is 0 Å². The Bertz CT molecular complexity index is 749. The van der Waals surface area contributed by atoms with Crippen LogP contribution >= 0.6 is 0 Å². The fourth-order valence-corrected chi connectivity index (χ4v) is 3.02. The smallest absolute Gasteiger partial charge is 0.167 e. The fourth-order valence-electron chi connectivity index (χ4n) is 1.99. The zero-order valence-corrected chi connectivity index (χ0v) is 12.3. The number of hydrogen-bond donors (Lipinski definition) is 0. The molecule has 5 nitrogen and oxygen atoms in total. The maximum Gasteiger partial charge on any atom is 0.167 e. The quantitative estimate of drug-likeness (QED) is 0.724. The van der Waals surface area contributed by atoms with Crippen molar-refractivity contribution in [3.63, 3.8) is 0 Å². The van der Waals surface area contributed by atoms with Crippen LogP contribution in [-0.2, 0) is 22.3 Å². The number of aromatic nitrogens is 2. The van der Waals surface area contributed by atoms with E-state index in [1.54, 1.807) is 6.07 Å². The highest BCUT2D eigenvalue weighted by atomic mass is 32.2. The molecule has 0 saturated carbocycles. The van der Waals surface area contributed by atoms with Crippen LogP contribution in [0.1, 0.15) is 17.1 Å². The topological polar surface area (TPSA) is 69.1 Å². The highest BCUT2D eigenvalue weighted by Gasteiger charge is 2.11. The van der Waals surface area contributed by atoms with E-state index in [9.17, 15) is 4.21 Å². The van der Waals surface area contributed by atoms with E-state index in [0.717, 1.165) is 11.3 Å². The van der Waals surface area contributed by atoms with Crippen molar-refractivity contribution in [3.05, 3.63) is 59.6 Å². The van der Waals surface area contributed by atoms with Crippen molar-refractivity contribution in [2.45, 2.75) is 18.4 Å². The van der Waals surface area contributed by atoms with E-state index in [4.69, 9.17) is 9.05 Å². The Morgan fingerprint density at radius 1 is 1.00 bits per heavy atom. The second-order valence-electron chi connectivity index (χ2n) is 4.71. The minimum absolute atomic E-state index is 0.336. The average Bonchev–Trinajstić information content (AvgIpc) is 3.09. The van der Waals surface area contributed by atoms with Crippen molar-refractivity contribution in [1.82, 2.24) is 10.3 Å². The van der Waals surface area contributed by atoms with Gasteiger partial charge in [-0.25, -0.2) is 0 Å². The minimum Gasteiger partial charge on any atom is -0.361 e. The van der Waals surface area contributed by atoms with Crippen molar-refractivity contribution in [2.75, 3.05) is 0 Å². The third-order valence-corrected chi connectivity index (χ3v) is 4.15. The molecule has 1 atom stereocenters. The Hall–Kier alpha value is -2.21. The van der Waals surface area contributed by atoms with E-state index in [-0.39, 0.29) is 0 Å². The number of nitrogens with zero attached hydrogens (tertiary/aromatic N) is 2. The maximum atomic E-state index is 12.1. The van der Waals surface area contributed by atoms with Crippen molar-refractivity contribution in [2.24, 2.45) is 0 Å². The number of aryl methyl sites for hydroxylation is 1. The predicted molar refractivity (Wildman–Crippen MR) is 78.7 cm³/mol. The number of hydrogen-bond acceptors (Lipinski definition) is 5.